The summed E-state index contributed by atoms with van der Waals surface area (Å²) in [5.41, 5.74) is 2.41. The number of amides is 1. The van der Waals surface area contributed by atoms with E-state index in [-0.39, 0.29) is 23.5 Å². The van der Waals surface area contributed by atoms with Crippen LogP contribution in [0.25, 0.3) is 11.0 Å². The molecule has 1 amide bonds. The Labute approximate surface area is 157 Å². The Morgan fingerprint density at radius 1 is 1.42 bits per heavy atom. The molecule has 0 radical (unpaired) electrons. The van der Waals surface area contributed by atoms with E-state index >= 15 is 0 Å². The third kappa shape index (κ3) is 2.73. The van der Waals surface area contributed by atoms with E-state index in [1.807, 2.05) is 24.0 Å². The zero-order chi connectivity index (χ0) is 18.5. The minimum absolute atomic E-state index is 0.0852. The van der Waals surface area contributed by atoms with Crippen LogP contribution in [0.4, 0.5) is 0 Å². The highest BCUT2D eigenvalue weighted by atomic mass is 35.5. The minimum Gasteiger partial charge on any atom is -0.464 e. The summed E-state index contributed by atoms with van der Waals surface area (Å²) in [6.07, 6.45) is 4.03. The average molecular weight is 378 g/mol. The zero-order valence-electron chi connectivity index (χ0n) is 15.1. The second-order valence-corrected chi connectivity index (χ2v) is 8.03. The molecule has 140 valence electrons. The molecule has 2 atom stereocenters. The molecule has 1 N–H and O–H groups in total. The van der Waals surface area contributed by atoms with Crippen molar-refractivity contribution in [3.05, 3.63) is 34.5 Å². The van der Waals surface area contributed by atoms with Crippen molar-refractivity contribution in [2.45, 2.75) is 44.8 Å². The van der Waals surface area contributed by atoms with Crippen molar-refractivity contribution in [3.63, 3.8) is 0 Å². The van der Waals surface area contributed by atoms with Crippen LogP contribution in [0.15, 0.2) is 22.8 Å². The van der Waals surface area contributed by atoms with Crippen molar-refractivity contribution >= 4 is 28.5 Å². The first-order chi connectivity index (χ1) is 12.4. The number of carbonyl (C=O) groups excluding carboxylic acids is 1. The van der Waals surface area contributed by atoms with Gasteiger partial charge in [-0.25, -0.2) is 0 Å². The van der Waals surface area contributed by atoms with E-state index in [9.17, 15) is 9.90 Å². The van der Waals surface area contributed by atoms with Crippen LogP contribution in [0.1, 0.15) is 30.4 Å². The van der Waals surface area contributed by atoms with Gasteiger partial charge in [-0.2, -0.15) is 0 Å². The largest absolute Gasteiger partial charge is 0.464 e. The Kier molecular flexibility index (Phi) is 4.49. The van der Waals surface area contributed by atoms with Gasteiger partial charge in [0.1, 0.15) is 5.58 Å². The average Bonchev–Trinajstić information content (AvgIpc) is 3.01. The van der Waals surface area contributed by atoms with E-state index in [2.05, 4.69) is 0 Å². The van der Waals surface area contributed by atoms with E-state index in [0.717, 1.165) is 34.9 Å². The monoisotopic (exact) mass is 377 g/mol. The lowest BCUT2D eigenvalue weighted by Crippen LogP contribution is -2.62. The number of carbonyl (C=O) groups is 1. The summed E-state index contributed by atoms with van der Waals surface area (Å²) >= 11 is 6.22. The molecule has 4 rings (SSSR count). The number of fused-ring (bicyclic) bond motifs is 1. The van der Waals surface area contributed by atoms with Gasteiger partial charge in [0.15, 0.2) is 0 Å². The SMILES string of the molecule is CO[C@H]1C[C@@H](O)C12CCN(C(=O)Cc1coc3cc(C)c(Cl)cc13)CC2. The molecule has 2 fully saturated rings. The van der Waals surface area contributed by atoms with Crippen LogP contribution in [-0.4, -0.2) is 48.3 Å². The van der Waals surface area contributed by atoms with Crippen LogP contribution >= 0.6 is 11.6 Å². The number of hydrogen-bond acceptors (Lipinski definition) is 4. The predicted molar refractivity (Wildman–Crippen MR) is 99.3 cm³/mol. The third-order valence-corrected chi connectivity index (χ3v) is 6.76. The first-order valence-corrected chi connectivity index (χ1v) is 9.47. The fourth-order valence-electron chi connectivity index (χ4n) is 4.50. The van der Waals surface area contributed by atoms with Crippen LogP contribution < -0.4 is 0 Å². The van der Waals surface area contributed by atoms with Gasteiger partial charge in [-0.15, -0.1) is 0 Å². The number of nitrogens with zero attached hydrogens (tertiary/aromatic N) is 1. The van der Waals surface area contributed by atoms with Gasteiger partial charge in [0.25, 0.3) is 0 Å². The number of aliphatic hydroxyl groups is 1. The van der Waals surface area contributed by atoms with Crippen molar-refractivity contribution in [1.29, 1.82) is 0 Å². The van der Waals surface area contributed by atoms with E-state index in [1.54, 1.807) is 13.4 Å². The van der Waals surface area contributed by atoms with Gasteiger partial charge in [-0.3, -0.25) is 4.79 Å². The lowest BCUT2D eigenvalue weighted by atomic mass is 9.58. The molecule has 1 spiro atoms. The van der Waals surface area contributed by atoms with Gasteiger partial charge in [-0.1, -0.05) is 11.6 Å². The van der Waals surface area contributed by atoms with E-state index < -0.39 is 0 Å². The lowest BCUT2D eigenvalue weighted by molar-refractivity contribution is -0.202. The molecule has 6 heteroatoms. The fourth-order valence-corrected chi connectivity index (χ4v) is 4.66. The molecule has 1 aromatic heterocycles. The first-order valence-electron chi connectivity index (χ1n) is 9.09. The quantitative estimate of drug-likeness (QED) is 0.891. The smallest absolute Gasteiger partial charge is 0.227 e. The van der Waals surface area contributed by atoms with Gasteiger partial charge in [0, 0.05) is 48.0 Å². The molecule has 2 heterocycles. The summed E-state index contributed by atoms with van der Waals surface area (Å²) in [4.78, 5) is 14.7. The van der Waals surface area contributed by atoms with Crippen molar-refractivity contribution < 1.29 is 19.1 Å². The van der Waals surface area contributed by atoms with Gasteiger partial charge < -0.3 is 19.2 Å². The highest BCUT2D eigenvalue weighted by molar-refractivity contribution is 6.32. The number of benzene rings is 1. The van der Waals surface area contributed by atoms with Crippen molar-refractivity contribution in [2.24, 2.45) is 5.41 Å². The topological polar surface area (TPSA) is 62.9 Å². The number of aliphatic hydroxyl groups excluding tert-OH is 1. The molecule has 2 aliphatic rings. The predicted octanol–water partition coefficient (Wildman–Crippen LogP) is 3.33. The summed E-state index contributed by atoms with van der Waals surface area (Å²) in [6, 6.07) is 3.77. The zero-order valence-corrected chi connectivity index (χ0v) is 15.9. The molecule has 1 aromatic carbocycles. The normalized spacial score (nSPS) is 24.8. The maximum atomic E-state index is 12.8. The van der Waals surface area contributed by atoms with E-state index in [0.29, 0.717) is 31.0 Å². The summed E-state index contributed by atoms with van der Waals surface area (Å²) in [7, 11) is 1.70. The van der Waals surface area contributed by atoms with Crippen molar-refractivity contribution in [2.75, 3.05) is 20.2 Å². The van der Waals surface area contributed by atoms with Crippen molar-refractivity contribution in [1.82, 2.24) is 4.90 Å². The molecule has 1 aliphatic carbocycles. The summed E-state index contributed by atoms with van der Waals surface area (Å²) < 4.78 is 11.1. The Bertz CT molecular complexity index is 838. The van der Waals surface area contributed by atoms with Crippen LogP contribution in [0.3, 0.4) is 0 Å². The molecule has 5 nitrogen and oxygen atoms in total. The number of halogens is 1. The summed E-state index contributed by atoms with van der Waals surface area (Å²) in [5.74, 6) is 0.0852. The second kappa shape index (κ2) is 6.55. The first kappa shape index (κ1) is 17.8. The summed E-state index contributed by atoms with van der Waals surface area (Å²) in [5, 5.41) is 11.8. The van der Waals surface area contributed by atoms with Crippen LogP contribution in [0.5, 0.6) is 0 Å². The molecule has 2 aromatic rings. The van der Waals surface area contributed by atoms with Crippen LogP contribution in [0.2, 0.25) is 5.02 Å². The summed E-state index contributed by atoms with van der Waals surface area (Å²) in [6.45, 7) is 3.25. The number of likely N-dealkylation sites (tertiary alicyclic amines) is 1. The van der Waals surface area contributed by atoms with Gasteiger partial charge in [0.2, 0.25) is 5.91 Å². The molecule has 0 unspecified atom stereocenters. The molecule has 1 saturated heterocycles. The molecule has 0 bridgehead atoms. The van der Waals surface area contributed by atoms with E-state index in [1.165, 1.54) is 0 Å². The third-order valence-electron chi connectivity index (χ3n) is 6.35. The molecule has 1 saturated carbocycles. The molecule has 1 aliphatic heterocycles. The van der Waals surface area contributed by atoms with Crippen LogP contribution in [-0.2, 0) is 16.0 Å². The maximum absolute atomic E-state index is 12.8. The highest BCUT2D eigenvalue weighted by Gasteiger charge is 2.56. The Balaban J connectivity index is 1.44. The number of ether oxygens (including phenoxy) is 1. The highest BCUT2D eigenvalue weighted by Crippen LogP contribution is 2.50. The van der Waals surface area contributed by atoms with Crippen LogP contribution in [0, 0.1) is 12.3 Å². The Hall–Kier alpha value is -1.56. The number of piperidine rings is 1. The second-order valence-electron chi connectivity index (χ2n) is 7.63. The number of furan rings is 1. The minimum atomic E-state index is -0.312. The van der Waals surface area contributed by atoms with Gasteiger partial charge in [-0.05, 0) is 37.5 Å². The lowest BCUT2D eigenvalue weighted by Gasteiger charge is -2.56. The van der Waals surface area contributed by atoms with Crippen molar-refractivity contribution in [3.8, 4) is 0 Å². The number of hydrogen-bond donors (Lipinski definition) is 1. The molecular weight excluding hydrogens is 354 g/mol. The maximum Gasteiger partial charge on any atom is 0.227 e. The van der Waals surface area contributed by atoms with Gasteiger partial charge in [0.05, 0.1) is 24.9 Å². The Morgan fingerprint density at radius 2 is 2.15 bits per heavy atom. The standard InChI is InChI=1S/C20H24ClNO4/c1-12-7-16-14(9-15(12)21)13(11-26-16)8-19(24)22-5-3-20(4-6-22)17(23)10-18(20)25-2/h7,9,11,17-18,23H,3-6,8,10H2,1-2H3/t17-,18+/m1/s1. The number of methoxy groups -OCH3 is 1. The fraction of sp³-hybridized carbons (Fsp3) is 0.550. The Morgan fingerprint density at radius 3 is 2.81 bits per heavy atom. The number of rotatable bonds is 3. The molecule has 26 heavy (non-hydrogen) atoms. The number of aryl methyl sites for hydroxylation is 1. The molecular formula is C20H24ClNO4. The van der Waals surface area contributed by atoms with E-state index in [4.69, 9.17) is 20.8 Å². The van der Waals surface area contributed by atoms with Gasteiger partial charge >= 0.3 is 0 Å².